The average Bonchev–Trinajstić information content (AvgIpc) is 3.16. The van der Waals surface area contributed by atoms with Crippen molar-refractivity contribution in [2.45, 2.75) is 64.3 Å². The second kappa shape index (κ2) is 8.81. The number of nitrogens with one attached hydrogen (secondary N) is 2. The van der Waals surface area contributed by atoms with Gasteiger partial charge in [-0.1, -0.05) is 55.8 Å². The number of rotatable bonds is 6. The Morgan fingerprint density at radius 1 is 1.03 bits per heavy atom. The van der Waals surface area contributed by atoms with E-state index in [1.54, 1.807) is 5.56 Å². The zero-order valence-corrected chi connectivity index (χ0v) is 18.2. The third kappa shape index (κ3) is 4.11. The van der Waals surface area contributed by atoms with Gasteiger partial charge in [0.25, 0.3) is 0 Å². The van der Waals surface area contributed by atoms with Crippen molar-refractivity contribution in [2.24, 2.45) is 5.92 Å². The lowest BCUT2D eigenvalue weighted by atomic mass is 9.80. The quantitative estimate of drug-likeness (QED) is 0.490. The zero-order valence-electron chi connectivity index (χ0n) is 18.2. The summed E-state index contributed by atoms with van der Waals surface area (Å²) in [5, 5.41) is 5.26. The lowest BCUT2D eigenvalue weighted by Gasteiger charge is -2.30. The molecule has 0 radical (unpaired) electrons. The van der Waals surface area contributed by atoms with Gasteiger partial charge in [-0.05, 0) is 85.3 Å². The average molecular weight is 399 g/mol. The molecular weight excluding hydrogens is 364 g/mol. The molecule has 156 valence electrons. The van der Waals surface area contributed by atoms with Crippen LogP contribution in [0.3, 0.4) is 0 Å². The predicted octanol–water partition coefficient (Wildman–Crippen LogP) is 6.45. The number of benzene rings is 2. The van der Waals surface area contributed by atoms with Gasteiger partial charge in [0, 0.05) is 29.2 Å². The van der Waals surface area contributed by atoms with E-state index < -0.39 is 0 Å². The Morgan fingerprint density at radius 3 is 2.80 bits per heavy atom. The molecule has 3 aromatic rings. The molecule has 1 aromatic heterocycles. The van der Waals surface area contributed by atoms with E-state index in [-0.39, 0.29) is 0 Å². The van der Waals surface area contributed by atoms with Crippen LogP contribution in [0, 0.1) is 5.92 Å². The van der Waals surface area contributed by atoms with Crippen molar-refractivity contribution in [2.75, 3.05) is 6.54 Å². The topological polar surface area (TPSA) is 27.8 Å². The van der Waals surface area contributed by atoms with Crippen LogP contribution in [-0.4, -0.2) is 17.6 Å². The molecule has 0 fully saturated rings. The predicted molar refractivity (Wildman–Crippen MR) is 128 cm³/mol. The van der Waals surface area contributed by atoms with E-state index in [0.717, 1.165) is 18.9 Å². The van der Waals surface area contributed by atoms with Gasteiger partial charge in [-0.3, -0.25) is 0 Å². The van der Waals surface area contributed by atoms with Crippen LogP contribution in [0.5, 0.6) is 0 Å². The summed E-state index contributed by atoms with van der Waals surface area (Å²) in [6, 6.07) is 18.6. The van der Waals surface area contributed by atoms with Crippen LogP contribution in [0.25, 0.3) is 16.5 Å². The van der Waals surface area contributed by atoms with Gasteiger partial charge in [-0.25, -0.2) is 0 Å². The SMILES string of the molecule is CCCCc1ccc2[nH]c3c(c2c1)CC(CC1CC(c2ccccc2)=CCN1)CC3. The fourth-order valence-electron chi connectivity index (χ4n) is 5.50. The Balaban J connectivity index is 1.29. The minimum atomic E-state index is 0.599. The molecule has 0 spiro atoms. The van der Waals surface area contributed by atoms with Crippen molar-refractivity contribution in [3.8, 4) is 0 Å². The number of hydrogen-bond donors (Lipinski definition) is 2. The normalized spacial score (nSPS) is 21.4. The number of aryl methyl sites for hydroxylation is 2. The summed E-state index contributed by atoms with van der Waals surface area (Å²) in [5.41, 5.74) is 8.85. The van der Waals surface area contributed by atoms with Crippen LogP contribution >= 0.6 is 0 Å². The molecule has 30 heavy (non-hydrogen) atoms. The van der Waals surface area contributed by atoms with Gasteiger partial charge < -0.3 is 10.3 Å². The molecule has 2 aromatic carbocycles. The Morgan fingerprint density at radius 2 is 1.93 bits per heavy atom. The van der Waals surface area contributed by atoms with Crippen molar-refractivity contribution in [3.05, 3.63) is 77.0 Å². The highest BCUT2D eigenvalue weighted by molar-refractivity contribution is 5.85. The van der Waals surface area contributed by atoms with Crippen molar-refractivity contribution >= 4 is 16.5 Å². The van der Waals surface area contributed by atoms with Gasteiger partial charge >= 0.3 is 0 Å². The van der Waals surface area contributed by atoms with Gasteiger partial charge in [0.05, 0.1) is 0 Å². The third-order valence-corrected chi connectivity index (χ3v) is 7.16. The van der Waals surface area contributed by atoms with Gasteiger partial charge in [-0.15, -0.1) is 0 Å². The summed E-state index contributed by atoms with van der Waals surface area (Å²) in [5.74, 6) is 0.781. The number of aromatic nitrogens is 1. The Bertz CT molecular complexity index is 1030. The highest BCUT2D eigenvalue weighted by atomic mass is 14.9. The molecule has 2 aliphatic rings. The first-order chi connectivity index (χ1) is 14.8. The minimum Gasteiger partial charge on any atom is -0.358 e. The van der Waals surface area contributed by atoms with Crippen molar-refractivity contribution in [3.63, 3.8) is 0 Å². The Hall–Kier alpha value is -2.32. The van der Waals surface area contributed by atoms with Crippen LogP contribution < -0.4 is 5.32 Å². The maximum absolute atomic E-state index is 3.77. The van der Waals surface area contributed by atoms with Crippen LogP contribution in [0.1, 0.15) is 61.4 Å². The van der Waals surface area contributed by atoms with E-state index in [4.69, 9.17) is 0 Å². The second-order valence-electron chi connectivity index (χ2n) is 9.31. The maximum atomic E-state index is 3.77. The summed E-state index contributed by atoms with van der Waals surface area (Å²) in [7, 11) is 0. The van der Waals surface area contributed by atoms with E-state index in [0.29, 0.717) is 6.04 Å². The van der Waals surface area contributed by atoms with E-state index in [1.807, 2.05) is 0 Å². The molecule has 2 nitrogen and oxygen atoms in total. The number of unbranched alkanes of at least 4 members (excludes halogenated alkanes) is 1. The first-order valence-corrected chi connectivity index (χ1v) is 11.9. The lowest BCUT2D eigenvalue weighted by molar-refractivity contribution is 0.356. The van der Waals surface area contributed by atoms with Gasteiger partial charge in [-0.2, -0.15) is 0 Å². The Kier molecular flexibility index (Phi) is 5.77. The molecular formula is C28H34N2. The van der Waals surface area contributed by atoms with E-state index in [2.05, 4.69) is 71.8 Å². The standard InChI is InChI=1S/C28H34N2/c1-2-3-7-20-10-12-27-25(17-20)26-18-21(11-13-28(26)30-27)16-24-19-23(14-15-29-24)22-8-5-4-6-9-22/h4-6,8-10,12,14,17,21,24,29-30H,2-3,7,11,13,15-16,18-19H2,1H3. The van der Waals surface area contributed by atoms with Crippen molar-refractivity contribution in [1.82, 2.24) is 10.3 Å². The monoisotopic (exact) mass is 398 g/mol. The summed E-state index contributed by atoms with van der Waals surface area (Å²) in [4.78, 5) is 3.73. The van der Waals surface area contributed by atoms with E-state index in [9.17, 15) is 0 Å². The molecule has 0 amide bonds. The zero-order chi connectivity index (χ0) is 20.3. The summed E-state index contributed by atoms with van der Waals surface area (Å²) < 4.78 is 0. The van der Waals surface area contributed by atoms with E-state index in [1.165, 1.54) is 78.2 Å². The molecule has 2 heterocycles. The van der Waals surface area contributed by atoms with Crippen molar-refractivity contribution < 1.29 is 0 Å². The molecule has 0 bridgehead atoms. The largest absolute Gasteiger partial charge is 0.358 e. The highest BCUT2D eigenvalue weighted by Crippen LogP contribution is 2.35. The van der Waals surface area contributed by atoms with Crippen LogP contribution in [-0.2, 0) is 19.3 Å². The fraction of sp³-hybridized carbons (Fsp3) is 0.429. The molecule has 1 aliphatic carbocycles. The first-order valence-electron chi connectivity index (χ1n) is 11.9. The molecule has 1 aliphatic heterocycles. The smallest absolute Gasteiger partial charge is 0.0459 e. The summed E-state index contributed by atoms with van der Waals surface area (Å²) >= 11 is 0. The maximum Gasteiger partial charge on any atom is 0.0459 e. The summed E-state index contributed by atoms with van der Waals surface area (Å²) in [6.07, 6.45) is 12.3. The molecule has 2 unspecified atom stereocenters. The number of hydrogen-bond acceptors (Lipinski definition) is 1. The molecule has 0 saturated heterocycles. The first kappa shape index (κ1) is 19.6. The fourth-order valence-corrected chi connectivity index (χ4v) is 5.50. The number of aromatic amines is 1. The molecule has 5 rings (SSSR count). The number of H-pyrrole nitrogens is 1. The second-order valence-corrected chi connectivity index (χ2v) is 9.31. The molecule has 2 atom stereocenters. The van der Waals surface area contributed by atoms with Crippen LogP contribution in [0.15, 0.2) is 54.6 Å². The Labute approximate surface area is 180 Å². The van der Waals surface area contributed by atoms with Crippen LogP contribution in [0.4, 0.5) is 0 Å². The molecule has 2 N–H and O–H groups in total. The molecule has 2 heteroatoms. The van der Waals surface area contributed by atoms with Gasteiger partial charge in [0.2, 0.25) is 0 Å². The van der Waals surface area contributed by atoms with Crippen molar-refractivity contribution in [1.29, 1.82) is 0 Å². The molecule has 0 saturated carbocycles. The lowest BCUT2D eigenvalue weighted by Crippen LogP contribution is -2.35. The third-order valence-electron chi connectivity index (χ3n) is 7.16. The van der Waals surface area contributed by atoms with Crippen LogP contribution in [0.2, 0.25) is 0 Å². The summed E-state index contributed by atoms with van der Waals surface area (Å²) in [6.45, 7) is 3.28. The highest BCUT2D eigenvalue weighted by Gasteiger charge is 2.26. The van der Waals surface area contributed by atoms with Gasteiger partial charge in [0.15, 0.2) is 0 Å². The van der Waals surface area contributed by atoms with E-state index >= 15 is 0 Å². The number of fused-ring (bicyclic) bond motifs is 3. The van der Waals surface area contributed by atoms with Gasteiger partial charge in [0.1, 0.15) is 0 Å². The minimum absolute atomic E-state index is 0.599.